The summed E-state index contributed by atoms with van der Waals surface area (Å²) in [5.74, 6) is 0. The van der Waals surface area contributed by atoms with Gasteiger partial charge in [-0.15, -0.1) is 10.2 Å². The van der Waals surface area contributed by atoms with Crippen molar-refractivity contribution in [2.75, 3.05) is 6.54 Å². The van der Waals surface area contributed by atoms with Gasteiger partial charge in [-0.25, -0.2) is 0 Å². The zero-order valence-electron chi connectivity index (χ0n) is 13.4. The molecule has 21 heavy (non-hydrogen) atoms. The monoisotopic (exact) mass is 303 g/mol. The second-order valence-corrected chi connectivity index (χ2v) is 7.39. The second-order valence-electron chi connectivity index (χ2n) is 6.33. The van der Waals surface area contributed by atoms with Crippen LogP contribution >= 0.6 is 11.3 Å². The van der Waals surface area contributed by atoms with Crippen molar-refractivity contribution in [3.63, 3.8) is 0 Å². The Morgan fingerprint density at radius 2 is 1.81 bits per heavy atom. The van der Waals surface area contributed by atoms with Gasteiger partial charge in [0.15, 0.2) is 0 Å². The zero-order valence-corrected chi connectivity index (χ0v) is 14.3. The molecule has 0 aliphatic rings. The first kappa shape index (κ1) is 16.1. The van der Waals surface area contributed by atoms with Gasteiger partial charge < -0.3 is 5.32 Å². The Balaban J connectivity index is 1.88. The first-order valence-corrected chi connectivity index (χ1v) is 8.46. The summed E-state index contributed by atoms with van der Waals surface area (Å²) >= 11 is 1.71. The van der Waals surface area contributed by atoms with Crippen LogP contribution < -0.4 is 5.32 Å². The van der Waals surface area contributed by atoms with Gasteiger partial charge in [0.2, 0.25) is 0 Å². The average molecular weight is 303 g/mol. The van der Waals surface area contributed by atoms with E-state index in [1.165, 1.54) is 11.1 Å². The maximum absolute atomic E-state index is 4.32. The number of aromatic nitrogens is 2. The van der Waals surface area contributed by atoms with E-state index in [9.17, 15) is 0 Å². The molecule has 0 fully saturated rings. The summed E-state index contributed by atoms with van der Waals surface area (Å²) in [4.78, 5) is 0. The molecule has 0 spiro atoms. The van der Waals surface area contributed by atoms with Gasteiger partial charge in [-0.05, 0) is 45.7 Å². The number of aryl methyl sites for hydroxylation is 2. The molecule has 0 aliphatic heterocycles. The normalized spacial score (nSPS) is 11.8. The van der Waals surface area contributed by atoms with Crippen LogP contribution in [0.2, 0.25) is 0 Å². The van der Waals surface area contributed by atoms with Crippen LogP contribution in [-0.4, -0.2) is 22.3 Å². The highest BCUT2D eigenvalue weighted by atomic mass is 32.1. The van der Waals surface area contributed by atoms with Crippen LogP contribution in [0.3, 0.4) is 0 Å². The Bertz CT molecular complexity index is 552. The molecule has 3 nitrogen and oxygen atoms in total. The molecule has 1 aromatic carbocycles. The summed E-state index contributed by atoms with van der Waals surface area (Å²) in [5, 5.41) is 14.3. The minimum atomic E-state index is 0.188. The summed E-state index contributed by atoms with van der Waals surface area (Å²) in [7, 11) is 0. The molecule has 0 aliphatic carbocycles. The number of hydrogen-bond acceptors (Lipinski definition) is 4. The topological polar surface area (TPSA) is 37.8 Å². The van der Waals surface area contributed by atoms with Crippen LogP contribution in [0, 0.1) is 0 Å². The van der Waals surface area contributed by atoms with Crippen LogP contribution in [-0.2, 0) is 12.8 Å². The van der Waals surface area contributed by atoms with E-state index in [1.807, 2.05) is 0 Å². The molecule has 0 unspecified atom stereocenters. The Hall–Kier alpha value is -1.26. The fourth-order valence-electron chi connectivity index (χ4n) is 2.06. The van der Waals surface area contributed by atoms with Crippen molar-refractivity contribution in [2.45, 2.75) is 52.5 Å². The Labute approximate surface area is 131 Å². The molecule has 0 amide bonds. The minimum Gasteiger partial charge on any atom is -0.312 e. The number of hydrogen-bond donors (Lipinski definition) is 1. The molecule has 0 bridgehead atoms. The highest BCUT2D eigenvalue weighted by Crippen LogP contribution is 2.24. The van der Waals surface area contributed by atoms with Gasteiger partial charge >= 0.3 is 0 Å². The predicted molar refractivity (Wildman–Crippen MR) is 90.8 cm³/mol. The maximum atomic E-state index is 4.32. The molecule has 1 aromatic heterocycles. The van der Waals surface area contributed by atoms with Crippen LogP contribution in [0.1, 0.15) is 44.7 Å². The summed E-state index contributed by atoms with van der Waals surface area (Å²) < 4.78 is 0. The molecule has 2 rings (SSSR count). The molecular weight excluding hydrogens is 278 g/mol. The van der Waals surface area contributed by atoms with E-state index in [1.54, 1.807) is 11.3 Å². The predicted octanol–water partition coefficient (Wildman–Crippen LogP) is 4.09. The maximum Gasteiger partial charge on any atom is 0.147 e. The lowest BCUT2D eigenvalue weighted by atomic mass is 10.1. The van der Waals surface area contributed by atoms with E-state index in [0.717, 1.165) is 35.8 Å². The lowest BCUT2D eigenvalue weighted by molar-refractivity contribution is 0.422. The van der Waals surface area contributed by atoms with E-state index < -0.39 is 0 Å². The van der Waals surface area contributed by atoms with Gasteiger partial charge in [-0.2, -0.15) is 0 Å². The van der Waals surface area contributed by atoms with E-state index >= 15 is 0 Å². The van der Waals surface area contributed by atoms with Crippen molar-refractivity contribution in [3.8, 4) is 10.6 Å². The molecule has 1 N–H and O–H groups in total. The van der Waals surface area contributed by atoms with E-state index in [0.29, 0.717) is 0 Å². The molecule has 0 saturated heterocycles. The SMILES string of the molecule is CCc1ccc(-c2nnc(CCCNC(C)(C)C)s2)cc1. The Morgan fingerprint density at radius 3 is 2.43 bits per heavy atom. The fourth-order valence-corrected chi connectivity index (χ4v) is 2.94. The molecular formula is C17H25N3S. The summed E-state index contributed by atoms with van der Waals surface area (Å²) in [6.07, 6.45) is 3.16. The standard InChI is InChI=1S/C17H25N3S/c1-5-13-8-10-14(11-9-13)16-20-19-15(21-16)7-6-12-18-17(2,3)4/h8-11,18H,5-7,12H2,1-4H3. The molecule has 0 atom stereocenters. The molecule has 1 heterocycles. The van der Waals surface area contributed by atoms with Crippen LogP contribution in [0.25, 0.3) is 10.6 Å². The summed E-state index contributed by atoms with van der Waals surface area (Å²) in [6, 6.07) is 8.63. The first-order chi connectivity index (χ1) is 9.98. The van der Waals surface area contributed by atoms with Crippen LogP contribution in [0.5, 0.6) is 0 Å². The summed E-state index contributed by atoms with van der Waals surface area (Å²) in [6.45, 7) is 9.76. The number of benzene rings is 1. The Morgan fingerprint density at radius 1 is 1.10 bits per heavy atom. The zero-order chi connectivity index (χ0) is 15.3. The molecule has 114 valence electrons. The number of rotatable bonds is 6. The molecule has 0 radical (unpaired) electrons. The largest absolute Gasteiger partial charge is 0.312 e. The molecule has 0 saturated carbocycles. The third-order valence-corrected chi connectivity index (χ3v) is 4.33. The smallest absolute Gasteiger partial charge is 0.147 e. The van der Waals surface area contributed by atoms with Crippen molar-refractivity contribution < 1.29 is 0 Å². The van der Waals surface area contributed by atoms with Gasteiger partial charge in [0.1, 0.15) is 10.0 Å². The van der Waals surface area contributed by atoms with Gasteiger partial charge in [0, 0.05) is 17.5 Å². The van der Waals surface area contributed by atoms with E-state index in [4.69, 9.17) is 0 Å². The van der Waals surface area contributed by atoms with E-state index in [2.05, 4.69) is 67.5 Å². The third-order valence-electron chi connectivity index (χ3n) is 3.30. The van der Waals surface area contributed by atoms with Crippen molar-refractivity contribution in [1.29, 1.82) is 0 Å². The van der Waals surface area contributed by atoms with Crippen molar-refractivity contribution in [3.05, 3.63) is 34.8 Å². The highest BCUT2D eigenvalue weighted by molar-refractivity contribution is 7.14. The van der Waals surface area contributed by atoms with Gasteiger partial charge in [0.05, 0.1) is 0 Å². The van der Waals surface area contributed by atoms with Crippen molar-refractivity contribution >= 4 is 11.3 Å². The number of nitrogens with zero attached hydrogens (tertiary/aromatic N) is 2. The highest BCUT2D eigenvalue weighted by Gasteiger charge is 2.09. The number of nitrogens with one attached hydrogen (secondary N) is 1. The van der Waals surface area contributed by atoms with Gasteiger partial charge in [-0.1, -0.05) is 42.5 Å². The van der Waals surface area contributed by atoms with Gasteiger partial charge in [-0.3, -0.25) is 0 Å². The molecule has 4 heteroatoms. The minimum absolute atomic E-state index is 0.188. The second kappa shape index (κ2) is 7.14. The lowest BCUT2D eigenvalue weighted by Gasteiger charge is -2.20. The van der Waals surface area contributed by atoms with E-state index in [-0.39, 0.29) is 5.54 Å². The van der Waals surface area contributed by atoms with Crippen molar-refractivity contribution in [1.82, 2.24) is 15.5 Å². The van der Waals surface area contributed by atoms with Gasteiger partial charge in [0.25, 0.3) is 0 Å². The summed E-state index contributed by atoms with van der Waals surface area (Å²) in [5.41, 5.74) is 2.72. The molecule has 2 aromatic rings. The van der Waals surface area contributed by atoms with Crippen LogP contribution in [0.15, 0.2) is 24.3 Å². The fraction of sp³-hybridized carbons (Fsp3) is 0.529. The third kappa shape index (κ3) is 5.21. The quantitative estimate of drug-likeness (QED) is 0.817. The lowest BCUT2D eigenvalue weighted by Crippen LogP contribution is -2.36. The van der Waals surface area contributed by atoms with Crippen LogP contribution in [0.4, 0.5) is 0 Å². The Kier molecular flexibility index (Phi) is 5.48. The van der Waals surface area contributed by atoms with Crippen molar-refractivity contribution in [2.24, 2.45) is 0 Å². The average Bonchev–Trinajstić information content (AvgIpc) is 2.91. The first-order valence-electron chi connectivity index (χ1n) is 7.64.